The molecule has 2 aromatic carbocycles. The molecular weight excluding hydrogens is 356 g/mol. The Balaban J connectivity index is 2.13. The minimum atomic E-state index is -3.87. The van der Waals surface area contributed by atoms with Crippen LogP contribution in [-0.4, -0.2) is 41.6 Å². The highest BCUT2D eigenvalue weighted by Gasteiger charge is 2.20. The van der Waals surface area contributed by atoms with Crippen molar-refractivity contribution in [1.29, 1.82) is 0 Å². The summed E-state index contributed by atoms with van der Waals surface area (Å²) in [6, 6.07) is 13.3. The standard InChI is InChI=1S/C18H22N2O5S/c1-4-20(14-8-6-5-7-9-14)18(21)13-19-26(22,23)15-10-11-16(24-2)17(12-15)25-3/h5-12,19H,4,13H2,1-3H3. The van der Waals surface area contributed by atoms with E-state index in [9.17, 15) is 13.2 Å². The summed E-state index contributed by atoms with van der Waals surface area (Å²) in [6.45, 7) is 1.91. The fourth-order valence-corrected chi connectivity index (χ4v) is 3.42. The Kier molecular flexibility index (Phi) is 6.59. The number of methoxy groups -OCH3 is 2. The van der Waals surface area contributed by atoms with Gasteiger partial charge in [0.25, 0.3) is 0 Å². The maximum absolute atomic E-state index is 12.5. The zero-order valence-corrected chi connectivity index (χ0v) is 15.7. The second kappa shape index (κ2) is 8.68. The number of likely N-dealkylation sites (N-methyl/N-ethyl adjacent to an activating group) is 1. The number of hydrogen-bond acceptors (Lipinski definition) is 5. The van der Waals surface area contributed by atoms with Crippen LogP contribution in [0, 0.1) is 0 Å². The van der Waals surface area contributed by atoms with E-state index in [1.54, 1.807) is 12.1 Å². The molecule has 140 valence electrons. The Morgan fingerprint density at radius 1 is 1.04 bits per heavy atom. The first-order valence-electron chi connectivity index (χ1n) is 8.00. The van der Waals surface area contributed by atoms with Gasteiger partial charge in [0.15, 0.2) is 11.5 Å². The van der Waals surface area contributed by atoms with Gasteiger partial charge in [0.2, 0.25) is 15.9 Å². The number of hydrogen-bond donors (Lipinski definition) is 1. The summed E-state index contributed by atoms with van der Waals surface area (Å²) < 4.78 is 37.5. The topological polar surface area (TPSA) is 84.9 Å². The predicted molar refractivity (Wildman–Crippen MR) is 99.2 cm³/mol. The molecule has 0 saturated carbocycles. The van der Waals surface area contributed by atoms with Crippen LogP contribution in [0.3, 0.4) is 0 Å². The van der Waals surface area contributed by atoms with Crippen molar-refractivity contribution in [3.05, 3.63) is 48.5 Å². The number of nitrogens with zero attached hydrogens (tertiary/aromatic N) is 1. The van der Waals surface area contributed by atoms with Crippen molar-refractivity contribution in [1.82, 2.24) is 4.72 Å². The number of carbonyl (C=O) groups is 1. The van der Waals surface area contributed by atoms with Crippen LogP contribution in [0.1, 0.15) is 6.92 Å². The number of para-hydroxylation sites is 1. The van der Waals surface area contributed by atoms with E-state index in [1.165, 1.54) is 37.3 Å². The average Bonchev–Trinajstić information content (AvgIpc) is 2.67. The minimum Gasteiger partial charge on any atom is -0.493 e. The molecule has 0 aliphatic heterocycles. The van der Waals surface area contributed by atoms with E-state index < -0.39 is 10.0 Å². The molecule has 1 N–H and O–H groups in total. The fourth-order valence-electron chi connectivity index (χ4n) is 2.43. The molecule has 8 heteroatoms. The third-order valence-electron chi connectivity index (χ3n) is 3.76. The molecular formula is C18H22N2O5S. The van der Waals surface area contributed by atoms with Gasteiger partial charge in [-0.3, -0.25) is 4.79 Å². The molecule has 0 spiro atoms. The number of sulfonamides is 1. The summed E-state index contributed by atoms with van der Waals surface area (Å²) in [5, 5.41) is 0. The summed E-state index contributed by atoms with van der Waals surface area (Å²) in [7, 11) is -0.985. The number of rotatable bonds is 8. The monoisotopic (exact) mass is 378 g/mol. The molecule has 0 bridgehead atoms. The molecule has 2 aromatic rings. The second-order valence-electron chi connectivity index (χ2n) is 5.31. The normalized spacial score (nSPS) is 11.0. The molecule has 0 heterocycles. The lowest BCUT2D eigenvalue weighted by atomic mass is 10.3. The van der Waals surface area contributed by atoms with Crippen molar-refractivity contribution >= 4 is 21.6 Å². The molecule has 0 unspecified atom stereocenters. The van der Waals surface area contributed by atoms with Crippen LogP contribution in [-0.2, 0) is 14.8 Å². The highest BCUT2D eigenvalue weighted by Crippen LogP contribution is 2.29. The van der Waals surface area contributed by atoms with E-state index >= 15 is 0 Å². The summed E-state index contributed by atoms with van der Waals surface area (Å²) in [6.07, 6.45) is 0. The Bertz CT molecular complexity index is 853. The van der Waals surface area contributed by atoms with Crippen LogP contribution in [0.2, 0.25) is 0 Å². The highest BCUT2D eigenvalue weighted by atomic mass is 32.2. The van der Waals surface area contributed by atoms with Gasteiger partial charge in [0.05, 0.1) is 25.7 Å². The van der Waals surface area contributed by atoms with Gasteiger partial charge in [-0.15, -0.1) is 0 Å². The third kappa shape index (κ3) is 4.53. The van der Waals surface area contributed by atoms with Crippen molar-refractivity contribution in [2.75, 3.05) is 32.2 Å². The van der Waals surface area contributed by atoms with Gasteiger partial charge in [-0.25, -0.2) is 13.1 Å². The zero-order chi connectivity index (χ0) is 19.2. The van der Waals surface area contributed by atoms with Crippen LogP contribution < -0.4 is 19.1 Å². The molecule has 0 saturated heterocycles. The van der Waals surface area contributed by atoms with E-state index in [0.717, 1.165) is 0 Å². The SMILES string of the molecule is CCN(C(=O)CNS(=O)(=O)c1ccc(OC)c(OC)c1)c1ccccc1. The molecule has 7 nitrogen and oxygen atoms in total. The molecule has 2 rings (SSSR count). The Morgan fingerprint density at radius 2 is 1.69 bits per heavy atom. The van der Waals surface area contributed by atoms with Gasteiger partial charge >= 0.3 is 0 Å². The van der Waals surface area contributed by atoms with Crippen molar-refractivity contribution in [3.8, 4) is 11.5 Å². The molecule has 0 aliphatic rings. The van der Waals surface area contributed by atoms with Crippen LogP contribution in [0.4, 0.5) is 5.69 Å². The lowest BCUT2D eigenvalue weighted by Gasteiger charge is -2.21. The van der Waals surface area contributed by atoms with Crippen molar-refractivity contribution in [2.24, 2.45) is 0 Å². The summed E-state index contributed by atoms with van der Waals surface area (Å²) >= 11 is 0. The minimum absolute atomic E-state index is 0.00860. The second-order valence-corrected chi connectivity index (χ2v) is 7.08. The summed E-state index contributed by atoms with van der Waals surface area (Å²) in [4.78, 5) is 13.9. The molecule has 0 fully saturated rings. The highest BCUT2D eigenvalue weighted by molar-refractivity contribution is 7.89. The molecule has 1 amide bonds. The Morgan fingerprint density at radius 3 is 2.27 bits per heavy atom. The predicted octanol–water partition coefficient (Wildman–Crippen LogP) is 2.04. The van der Waals surface area contributed by atoms with E-state index in [-0.39, 0.29) is 17.3 Å². The van der Waals surface area contributed by atoms with Crippen molar-refractivity contribution in [3.63, 3.8) is 0 Å². The quantitative estimate of drug-likeness (QED) is 0.760. The maximum Gasteiger partial charge on any atom is 0.242 e. The first-order valence-corrected chi connectivity index (χ1v) is 9.48. The first kappa shape index (κ1) is 19.7. The zero-order valence-electron chi connectivity index (χ0n) is 14.9. The smallest absolute Gasteiger partial charge is 0.242 e. The van der Waals surface area contributed by atoms with Gasteiger partial charge in [0, 0.05) is 18.3 Å². The first-order chi connectivity index (χ1) is 12.4. The van der Waals surface area contributed by atoms with Gasteiger partial charge in [-0.1, -0.05) is 18.2 Å². The number of nitrogens with one attached hydrogen (secondary N) is 1. The summed E-state index contributed by atoms with van der Waals surface area (Å²) in [5.41, 5.74) is 0.713. The Hall–Kier alpha value is -2.58. The van der Waals surface area contributed by atoms with Gasteiger partial charge in [0.1, 0.15) is 0 Å². The van der Waals surface area contributed by atoms with Gasteiger partial charge in [-0.05, 0) is 31.2 Å². The molecule has 0 aromatic heterocycles. The van der Waals surface area contributed by atoms with Gasteiger partial charge < -0.3 is 14.4 Å². The molecule has 0 atom stereocenters. The maximum atomic E-state index is 12.5. The van der Waals surface area contributed by atoms with E-state index in [2.05, 4.69) is 4.72 Å². The van der Waals surface area contributed by atoms with Crippen LogP contribution in [0.5, 0.6) is 11.5 Å². The molecule has 0 aliphatic carbocycles. The summed E-state index contributed by atoms with van der Waals surface area (Å²) in [5.74, 6) is 0.368. The van der Waals surface area contributed by atoms with E-state index in [0.29, 0.717) is 23.7 Å². The largest absolute Gasteiger partial charge is 0.493 e. The average molecular weight is 378 g/mol. The fraction of sp³-hybridized carbons (Fsp3) is 0.278. The van der Waals surface area contributed by atoms with Gasteiger partial charge in [-0.2, -0.15) is 0 Å². The number of ether oxygens (including phenoxy) is 2. The van der Waals surface area contributed by atoms with Crippen LogP contribution >= 0.6 is 0 Å². The van der Waals surface area contributed by atoms with Crippen molar-refractivity contribution in [2.45, 2.75) is 11.8 Å². The number of anilines is 1. The number of benzene rings is 2. The Labute approximate surface area is 153 Å². The van der Waals surface area contributed by atoms with Crippen LogP contribution in [0.15, 0.2) is 53.4 Å². The van der Waals surface area contributed by atoms with Crippen LogP contribution in [0.25, 0.3) is 0 Å². The lowest BCUT2D eigenvalue weighted by molar-refractivity contribution is -0.117. The number of carbonyl (C=O) groups excluding carboxylic acids is 1. The third-order valence-corrected chi connectivity index (χ3v) is 5.16. The van der Waals surface area contributed by atoms with Crippen molar-refractivity contribution < 1.29 is 22.7 Å². The molecule has 0 radical (unpaired) electrons. The van der Waals surface area contributed by atoms with E-state index in [1.807, 2.05) is 25.1 Å². The molecule has 26 heavy (non-hydrogen) atoms. The van der Waals surface area contributed by atoms with E-state index in [4.69, 9.17) is 9.47 Å². The number of amides is 1. The lowest BCUT2D eigenvalue weighted by Crippen LogP contribution is -2.40.